The second-order valence-electron chi connectivity index (χ2n) is 3.17. The zero-order chi connectivity index (χ0) is 9.26. The normalized spacial score (nSPS) is 26.6. The standard InChI is InChI=1S/C8H10ClN3O/c9-7-1-2-8(12-11-7)13-6-3-5(10)4-6/h1-2,5-6H,3-4,10H2. The molecule has 5 heteroatoms. The number of nitrogens with zero attached hydrogens (tertiary/aromatic N) is 2. The van der Waals surface area contributed by atoms with Gasteiger partial charge in [0.05, 0.1) is 0 Å². The van der Waals surface area contributed by atoms with Crippen LogP contribution in [0, 0.1) is 0 Å². The number of ether oxygens (including phenoxy) is 1. The molecule has 2 N–H and O–H groups in total. The molecule has 13 heavy (non-hydrogen) atoms. The van der Waals surface area contributed by atoms with Crippen LogP contribution in [0.5, 0.6) is 5.88 Å². The van der Waals surface area contributed by atoms with Gasteiger partial charge in [-0.1, -0.05) is 11.6 Å². The predicted octanol–water partition coefficient (Wildman–Crippen LogP) is 0.998. The number of nitrogens with two attached hydrogens (primary N) is 1. The predicted molar refractivity (Wildman–Crippen MR) is 48.7 cm³/mol. The third-order valence-electron chi connectivity index (χ3n) is 2.03. The van der Waals surface area contributed by atoms with E-state index in [1.165, 1.54) is 0 Å². The molecular weight excluding hydrogens is 190 g/mol. The van der Waals surface area contributed by atoms with Crippen molar-refractivity contribution < 1.29 is 4.74 Å². The minimum atomic E-state index is 0.200. The Hall–Kier alpha value is -0.870. The van der Waals surface area contributed by atoms with Gasteiger partial charge in [-0.3, -0.25) is 0 Å². The topological polar surface area (TPSA) is 61.0 Å². The molecule has 0 bridgehead atoms. The fourth-order valence-corrected chi connectivity index (χ4v) is 1.34. The van der Waals surface area contributed by atoms with E-state index < -0.39 is 0 Å². The highest BCUT2D eigenvalue weighted by molar-refractivity contribution is 6.29. The zero-order valence-corrected chi connectivity index (χ0v) is 7.74. The SMILES string of the molecule is NC1CC(Oc2ccc(Cl)nn2)C1. The summed E-state index contributed by atoms with van der Waals surface area (Å²) >= 11 is 5.57. The van der Waals surface area contributed by atoms with Crippen molar-refractivity contribution in [2.75, 3.05) is 0 Å². The molecule has 2 rings (SSSR count). The van der Waals surface area contributed by atoms with E-state index in [-0.39, 0.29) is 12.1 Å². The van der Waals surface area contributed by atoms with Gasteiger partial charge in [-0.05, 0) is 18.9 Å². The first-order chi connectivity index (χ1) is 6.24. The first-order valence-electron chi connectivity index (χ1n) is 4.15. The molecule has 0 aliphatic heterocycles. The van der Waals surface area contributed by atoms with E-state index in [0.29, 0.717) is 11.0 Å². The van der Waals surface area contributed by atoms with Gasteiger partial charge in [0.2, 0.25) is 5.88 Å². The van der Waals surface area contributed by atoms with Gasteiger partial charge in [-0.2, -0.15) is 0 Å². The molecule has 0 radical (unpaired) electrons. The van der Waals surface area contributed by atoms with Crippen molar-refractivity contribution in [3.63, 3.8) is 0 Å². The lowest BCUT2D eigenvalue weighted by Crippen LogP contribution is -2.43. The largest absolute Gasteiger partial charge is 0.473 e. The Balaban J connectivity index is 1.91. The van der Waals surface area contributed by atoms with Gasteiger partial charge in [0.1, 0.15) is 6.10 Å². The molecule has 0 atom stereocenters. The molecule has 0 saturated heterocycles. The van der Waals surface area contributed by atoms with Crippen LogP contribution in [0.25, 0.3) is 0 Å². The Bertz CT molecular complexity index is 284. The Morgan fingerprint density at radius 2 is 2.15 bits per heavy atom. The van der Waals surface area contributed by atoms with Crippen LogP contribution in [0.15, 0.2) is 12.1 Å². The maximum atomic E-state index is 5.61. The van der Waals surface area contributed by atoms with Gasteiger partial charge >= 0.3 is 0 Å². The lowest BCUT2D eigenvalue weighted by molar-refractivity contribution is 0.0947. The highest BCUT2D eigenvalue weighted by Crippen LogP contribution is 2.23. The highest BCUT2D eigenvalue weighted by atomic mass is 35.5. The highest BCUT2D eigenvalue weighted by Gasteiger charge is 2.27. The van der Waals surface area contributed by atoms with Crippen LogP contribution in [0.1, 0.15) is 12.8 Å². The van der Waals surface area contributed by atoms with Crippen molar-refractivity contribution in [2.45, 2.75) is 25.0 Å². The third kappa shape index (κ3) is 2.08. The molecule has 0 unspecified atom stereocenters. The van der Waals surface area contributed by atoms with Crippen LogP contribution in [-0.2, 0) is 0 Å². The van der Waals surface area contributed by atoms with Crippen LogP contribution >= 0.6 is 11.6 Å². The number of halogens is 1. The summed E-state index contributed by atoms with van der Waals surface area (Å²) in [5, 5.41) is 7.82. The lowest BCUT2D eigenvalue weighted by Gasteiger charge is -2.31. The Labute approximate surface area is 81.0 Å². The zero-order valence-electron chi connectivity index (χ0n) is 6.98. The van der Waals surface area contributed by atoms with Crippen LogP contribution in [0.2, 0.25) is 5.15 Å². The van der Waals surface area contributed by atoms with Gasteiger partial charge in [-0.15, -0.1) is 10.2 Å². The Kier molecular flexibility index (Phi) is 2.33. The van der Waals surface area contributed by atoms with E-state index in [1.807, 2.05) is 0 Å². The summed E-state index contributed by atoms with van der Waals surface area (Å²) in [5.74, 6) is 0.515. The third-order valence-corrected chi connectivity index (χ3v) is 2.23. The molecule has 4 nitrogen and oxygen atoms in total. The van der Waals surface area contributed by atoms with Gasteiger partial charge in [0.25, 0.3) is 0 Å². The molecule has 70 valence electrons. The summed E-state index contributed by atoms with van der Waals surface area (Å²) < 4.78 is 5.46. The lowest BCUT2D eigenvalue weighted by atomic mass is 9.90. The van der Waals surface area contributed by atoms with Crippen molar-refractivity contribution in [1.82, 2.24) is 10.2 Å². The monoisotopic (exact) mass is 199 g/mol. The minimum absolute atomic E-state index is 0.200. The average molecular weight is 200 g/mol. The van der Waals surface area contributed by atoms with Gasteiger partial charge in [0, 0.05) is 12.1 Å². The maximum Gasteiger partial charge on any atom is 0.233 e. The van der Waals surface area contributed by atoms with Gasteiger partial charge < -0.3 is 10.5 Å². The summed E-state index contributed by atoms with van der Waals surface area (Å²) in [6, 6.07) is 3.65. The first-order valence-corrected chi connectivity index (χ1v) is 4.53. The van der Waals surface area contributed by atoms with E-state index in [4.69, 9.17) is 22.1 Å². The Morgan fingerprint density at radius 3 is 2.69 bits per heavy atom. The molecule has 0 aromatic carbocycles. The van der Waals surface area contributed by atoms with E-state index in [0.717, 1.165) is 12.8 Å². The smallest absolute Gasteiger partial charge is 0.233 e. The van der Waals surface area contributed by atoms with Gasteiger partial charge in [-0.25, -0.2) is 0 Å². The Morgan fingerprint density at radius 1 is 1.38 bits per heavy atom. The van der Waals surface area contributed by atoms with E-state index in [9.17, 15) is 0 Å². The number of rotatable bonds is 2. The summed E-state index contributed by atoms with van der Waals surface area (Å²) in [7, 11) is 0. The minimum Gasteiger partial charge on any atom is -0.473 e. The fourth-order valence-electron chi connectivity index (χ4n) is 1.24. The second-order valence-corrected chi connectivity index (χ2v) is 3.55. The number of hydrogen-bond donors (Lipinski definition) is 1. The molecule has 0 spiro atoms. The average Bonchev–Trinajstić information content (AvgIpc) is 2.06. The maximum absolute atomic E-state index is 5.61. The summed E-state index contributed by atoms with van der Waals surface area (Å²) in [6.45, 7) is 0. The van der Waals surface area contributed by atoms with E-state index in [1.54, 1.807) is 12.1 Å². The van der Waals surface area contributed by atoms with Gasteiger partial charge in [0.15, 0.2) is 5.15 Å². The summed E-state index contributed by atoms with van der Waals surface area (Å²) in [4.78, 5) is 0. The molecular formula is C8H10ClN3O. The molecule has 1 saturated carbocycles. The first kappa shape index (κ1) is 8.72. The van der Waals surface area contributed by atoms with Crippen LogP contribution in [-0.4, -0.2) is 22.3 Å². The van der Waals surface area contributed by atoms with Crippen molar-refractivity contribution in [2.24, 2.45) is 5.73 Å². The summed E-state index contributed by atoms with van der Waals surface area (Å²) in [5.41, 5.74) is 5.61. The second kappa shape index (κ2) is 3.47. The molecule has 1 aliphatic carbocycles. The van der Waals surface area contributed by atoms with Crippen LogP contribution in [0.4, 0.5) is 0 Å². The van der Waals surface area contributed by atoms with Crippen LogP contribution < -0.4 is 10.5 Å². The molecule has 1 fully saturated rings. The molecule has 1 heterocycles. The van der Waals surface area contributed by atoms with E-state index in [2.05, 4.69) is 10.2 Å². The molecule has 1 aromatic heterocycles. The summed E-state index contributed by atoms with van der Waals surface area (Å²) in [6.07, 6.45) is 1.99. The van der Waals surface area contributed by atoms with Crippen LogP contribution in [0.3, 0.4) is 0 Å². The van der Waals surface area contributed by atoms with Crippen molar-refractivity contribution in [1.29, 1.82) is 0 Å². The van der Waals surface area contributed by atoms with Crippen molar-refractivity contribution >= 4 is 11.6 Å². The molecule has 1 aliphatic rings. The van der Waals surface area contributed by atoms with Crippen molar-refractivity contribution in [3.05, 3.63) is 17.3 Å². The number of hydrogen-bond acceptors (Lipinski definition) is 4. The van der Waals surface area contributed by atoms with Crippen molar-refractivity contribution in [3.8, 4) is 5.88 Å². The fraction of sp³-hybridized carbons (Fsp3) is 0.500. The molecule has 0 amide bonds. The number of aromatic nitrogens is 2. The van der Waals surface area contributed by atoms with E-state index >= 15 is 0 Å². The quantitative estimate of drug-likeness (QED) is 0.772. The molecule has 1 aromatic rings.